The molecule has 1 aromatic heterocycles. The quantitative estimate of drug-likeness (QED) is 0.688. The molecule has 0 bridgehead atoms. The minimum Gasteiger partial charge on any atom is -0.366 e. The van der Waals surface area contributed by atoms with Crippen LogP contribution in [0, 0.1) is 0 Å². The molecular weight excluding hydrogens is 188 g/mol. The molecule has 3 N–H and O–H groups in total. The molecule has 1 heterocycles. The number of nitrogens with one attached hydrogen (secondary N) is 1. The molecule has 0 aliphatic heterocycles. The summed E-state index contributed by atoms with van der Waals surface area (Å²) in [6, 6.07) is 0. The third-order valence-corrected chi connectivity index (χ3v) is 2.90. The maximum absolute atomic E-state index is 11.5. The van der Waals surface area contributed by atoms with Gasteiger partial charge in [-0.25, -0.2) is 0 Å². The van der Waals surface area contributed by atoms with Crippen LogP contribution in [0.4, 0.5) is 5.95 Å². The molecule has 0 radical (unpaired) electrons. The van der Waals surface area contributed by atoms with Gasteiger partial charge in [-0.15, -0.1) is 5.10 Å². The topological polar surface area (TPSA) is 84.7 Å². The first-order valence-corrected chi connectivity index (χ1v) is 5.62. The third kappa shape index (κ3) is 3.14. The number of nitrogens with two attached hydrogens (primary N) is 1. The van der Waals surface area contributed by atoms with Crippen molar-refractivity contribution in [2.24, 2.45) is 0 Å². The zero-order chi connectivity index (χ0) is 9.68. The van der Waals surface area contributed by atoms with E-state index >= 15 is 0 Å². The summed E-state index contributed by atoms with van der Waals surface area (Å²) in [7, 11) is -1.07. The summed E-state index contributed by atoms with van der Waals surface area (Å²) in [4.78, 5) is 3.80. The van der Waals surface area contributed by atoms with E-state index in [1.165, 1.54) is 0 Å². The van der Waals surface area contributed by atoms with Gasteiger partial charge in [-0.1, -0.05) is 19.8 Å². The molecule has 0 aromatic carbocycles. The number of unbranched alkanes of at least 4 members (excludes halogenated alkanes) is 2. The molecular formula is C7H14N4OS. The normalized spacial score (nSPS) is 13.0. The van der Waals surface area contributed by atoms with E-state index in [4.69, 9.17) is 5.73 Å². The summed E-state index contributed by atoms with van der Waals surface area (Å²) in [6.45, 7) is 2.11. The van der Waals surface area contributed by atoms with Gasteiger partial charge in [0.05, 0.1) is 10.8 Å². The molecule has 0 aliphatic rings. The fraction of sp³-hybridized carbons (Fsp3) is 0.714. The van der Waals surface area contributed by atoms with E-state index in [2.05, 4.69) is 22.1 Å². The van der Waals surface area contributed by atoms with Gasteiger partial charge in [0.1, 0.15) is 0 Å². The Kier molecular flexibility index (Phi) is 3.88. The van der Waals surface area contributed by atoms with Crippen LogP contribution in [-0.2, 0) is 10.8 Å². The highest BCUT2D eigenvalue weighted by Crippen LogP contribution is 2.04. The van der Waals surface area contributed by atoms with E-state index in [0.717, 1.165) is 19.3 Å². The summed E-state index contributed by atoms with van der Waals surface area (Å²) >= 11 is 0. The van der Waals surface area contributed by atoms with Crippen LogP contribution in [0.1, 0.15) is 26.2 Å². The van der Waals surface area contributed by atoms with Gasteiger partial charge in [-0.05, 0) is 6.42 Å². The first-order chi connectivity index (χ1) is 6.24. The number of aromatic amines is 1. The Morgan fingerprint density at radius 2 is 2.31 bits per heavy atom. The Morgan fingerprint density at radius 1 is 1.54 bits per heavy atom. The number of rotatable bonds is 5. The average Bonchev–Trinajstić information content (AvgIpc) is 2.52. The van der Waals surface area contributed by atoms with Crippen molar-refractivity contribution in [2.75, 3.05) is 11.5 Å². The Hall–Kier alpha value is -0.910. The predicted molar refractivity (Wildman–Crippen MR) is 51.6 cm³/mol. The summed E-state index contributed by atoms with van der Waals surface area (Å²) in [5.74, 6) is 0.779. The van der Waals surface area contributed by atoms with Crippen LogP contribution in [0.2, 0.25) is 0 Å². The van der Waals surface area contributed by atoms with Crippen molar-refractivity contribution < 1.29 is 4.21 Å². The molecule has 0 spiro atoms. The minimum atomic E-state index is -1.07. The van der Waals surface area contributed by atoms with Crippen LogP contribution in [0.5, 0.6) is 0 Å². The summed E-state index contributed by atoms with van der Waals surface area (Å²) in [6.07, 6.45) is 3.16. The molecule has 0 saturated carbocycles. The van der Waals surface area contributed by atoms with Crippen molar-refractivity contribution >= 4 is 16.7 Å². The first-order valence-electron chi connectivity index (χ1n) is 4.30. The van der Waals surface area contributed by atoms with E-state index in [9.17, 15) is 4.21 Å². The molecule has 0 unspecified atom stereocenters. The molecule has 1 aromatic rings. The molecule has 0 fully saturated rings. The fourth-order valence-corrected chi connectivity index (χ4v) is 1.94. The minimum absolute atomic E-state index is 0.152. The number of anilines is 1. The molecule has 6 heteroatoms. The number of hydrogen-bond acceptors (Lipinski definition) is 4. The highest BCUT2D eigenvalue weighted by atomic mass is 32.2. The second-order valence-corrected chi connectivity index (χ2v) is 4.24. The smallest absolute Gasteiger partial charge is 0.240 e. The maximum Gasteiger partial charge on any atom is 0.240 e. The monoisotopic (exact) mass is 202 g/mol. The van der Waals surface area contributed by atoms with Gasteiger partial charge in [0.15, 0.2) is 0 Å². The standard InChI is InChI=1S/C7H14N4OS/c1-2-3-4-5-13(12)7-9-6(8)10-11-7/h2-5H2,1H3,(H3,8,9,10,11)/t13-/m1/s1. The zero-order valence-electron chi connectivity index (χ0n) is 7.62. The van der Waals surface area contributed by atoms with Crippen molar-refractivity contribution in [3.8, 4) is 0 Å². The Morgan fingerprint density at radius 3 is 2.85 bits per heavy atom. The van der Waals surface area contributed by atoms with Crippen molar-refractivity contribution in [1.82, 2.24) is 15.2 Å². The van der Waals surface area contributed by atoms with Crippen LogP contribution in [0.3, 0.4) is 0 Å². The lowest BCUT2D eigenvalue weighted by Gasteiger charge is -1.95. The SMILES string of the molecule is CCCCC[S@@](=O)c1nc(N)n[nH]1. The lowest BCUT2D eigenvalue weighted by molar-refractivity contribution is 0.669. The van der Waals surface area contributed by atoms with Gasteiger partial charge in [-0.3, -0.25) is 9.31 Å². The van der Waals surface area contributed by atoms with Crippen molar-refractivity contribution in [3.63, 3.8) is 0 Å². The van der Waals surface area contributed by atoms with Gasteiger partial charge < -0.3 is 5.73 Å². The van der Waals surface area contributed by atoms with Gasteiger partial charge in [0.25, 0.3) is 0 Å². The second kappa shape index (κ2) is 4.96. The molecule has 0 amide bonds. The predicted octanol–water partition coefficient (Wildman–Crippen LogP) is 0.685. The Bertz CT molecular complexity index is 286. The van der Waals surface area contributed by atoms with Crippen molar-refractivity contribution in [1.29, 1.82) is 0 Å². The molecule has 13 heavy (non-hydrogen) atoms. The van der Waals surface area contributed by atoms with E-state index in [1.807, 2.05) is 0 Å². The van der Waals surface area contributed by atoms with Gasteiger partial charge in [0.2, 0.25) is 11.1 Å². The lowest BCUT2D eigenvalue weighted by atomic mass is 10.3. The molecule has 74 valence electrons. The molecule has 0 saturated heterocycles. The Balaban J connectivity index is 2.40. The fourth-order valence-electron chi connectivity index (χ4n) is 0.941. The largest absolute Gasteiger partial charge is 0.366 e. The van der Waals surface area contributed by atoms with E-state index in [1.54, 1.807) is 0 Å². The molecule has 0 aliphatic carbocycles. The summed E-state index contributed by atoms with van der Waals surface area (Å²) in [5, 5.41) is 6.54. The van der Waals surface area contributed by atoms with E-state index in [0.29, 0.717) is 10.9 Å². The second-order valence-electron chi connectivity index (χ2n) is 2.76. The zero-order valence-corrected chi connectivity index (χ0v) is 8.43. The van der Waals surface area contributed by atoms with Gasteiger partial charge in [-0.2, -0.15) is 4.98 Å². The van der Waals surface area contributed by atoms with Crippen molar-refractivity contribution in [3.05, 3.63) is 0 Å². The van der Waals surface area contributed by atoms with Crippen molar-refractivity contribution in [2.45, 2.75) is 31.3 Å². The van der Waals surface area contributed by atoms with Crippen LogP contribution in [0.25, 0.3) is 0 Å². The van der Waals surface area contributed by atoms with Gasteiger partial charge in [0, 0.05) is 5.75 Å². The lowest BCUT2D eigenvalue weighted by Crippen LogP contribution is -2.00. The van der Waals surface area contributed by atoms with Crippen LogP contribution < -0.4 is 5.73 Å². The Labute approximate surface area is 79.6 Å². The molecule has 1 rings (SSSR count). The number of aromatic nitrogens is 3. The molecule has 1 atom stereocenters. The summed E-state index contributed by atoms with van der Waals surface area (Å²) in [5.41, 5.74) is 5.28. The van der Waals surface area contributed by atoms with Crippen LogP contribution in [0.15, 0.2) is 5.16 Å². The van der Waals surface area contributed by atoms with Crippen LogP contribution >= 0.6 is 0 Å². The van der Waals surface area contributed by atoms with Crippen LogP contribution in [-0.4, -0.2) is 25.1 Å². The number of nitrogen functional groups attached to an aromatic ring is 1. The highest BCUT2D eigenvalue weighted by Gasteiger charge is 2.07. The maximum atomic E-state index is 11.5. The highest BCUT2D eigenvalue weighted by molar-refractivity contribution is 7.84. The number of nitrogens with zero attached hydrogens (tertiary/aromatic N) is 2. The number of hydrogen-bond donors (Lipinski definition) is 2. The first kappa shape index (κ1) is 10.2. The average molecular weight is 202 g/mol. The summed E-state index contributed by atoms with van der Waals surface area (Å²) < 4.78 is 11.5. The van der Waals surface area contributed by atoms with Gasteiger partial charge >= 0.3 is 0 Å². The number of H-pyrrole nitrogens is 1. The molecule has 5 nitrogen and oxygen atoms in total. The third-order valence-electron chi connectivity index (χ3n) is 1.63. The van der Waals surface area contributed by atoms with E-state index in [-0.39, 0.29) is 5.95 Å². The van der Waals surface area contributed by atoms with E-state index < -0.39 is 10.8 Å².